The Morgan fingerprint density at radius 3 is 2.82 bits per heavy atom. The second-order valence-corrected chi connectivity index (χ2v) is 3.64. The molecule has 0 spiro atoms. The van der Waals surface area contributed by atoms with Gasteiger partial charge in [0.2, 0.25) is 0 Å². The maximum Gasteiger partial charge on any atom is 0.251 e. The molecule has 5 heteroatoms. The van der Waals surface area contributed by atoms with Crippen LogP contribution in [0.5, 0.6) is 11.5 Å². The fourth-order valence-corrected chi connectivity index (χ4v) is 1.40. The van der Waals surface area contributed by atoms with Crippen LogP contribution in [0, 0.1) is 0 Å². The van der Waals surface area contributed by atoms with E-state index in [9.17, 15) is 9.90 Å². The minimum atomic E-state index is -0.208. The molecule has 1 rings (SSSR count). The van der Waals surface area contributed by atoms with Crippen molar-refractivity contribution in [2.75, 3.05) is 20.2 Å². The first kappa shape index (κ1) is 13.3. The van der Waals surface area contributed by atoms with E-state index in [-0.39, 0.29) is 11.7 Å². The maximum atomic E-state index is 11.7. The van der Waals surface area contributed by atoms with E-state index >= 15 is 0 Å². The van der Waals surface area contributed by atoms with E-state index < -0.39 is 0 Å². The Balaban J connectivity index is 2.54. The Labute approximate surface area is 101 Å². The first-order valence-electron chi connectivity index (χ1n) is 5.54. The van der Waals surface area contributed by atoms with E-state index in [4.69, 9.17) is 10.5 Å². The number of methoxy groups -OCH3 is 1. The summed E-state index contributed by atoms with van der Waals surface area (Å²) in [5.74, 6) is 0.103. The van der Waals surface area contributed by atoms with Gasteiger partial charge < -0.3 is 20.9 Å². The number of amides is 1. The number of benzene rings is 1. The lowest BCUT2D eigenvalue weighted by molar-refractivity contribution is 0.0952. The molecule has 0 aliphatic rings. The van der Waals surface area contributed by atoms with Crippen LogP contribution >= 0.6 is 0 Å². The number of nitrogens with one attached hydrogen (secondary N) is 1. The van der Waals surface area contributed by atoms with Crippen molar-refractivity contribution >= 4 is 5.91 Å². The maximum absolute atomic E-state index is 11.7. The lowest BCUT2D eigenvalue weighted by atomic mass is 10.2. The van der Waals surface area contributed by atoms with Gasteiger partial charge in [-0.05, 0) is 37.6 Å². The largest absolute Gasteiger partial charge is 0.504 e. The van der Waals surface area contributed by atoms with Gasteiger partial charge in [0.05, 0.1) is 7.11 Å². The van der Waals surface area contributed by atoms with Crippen molar-refractivity contribution in [1.29, 1.82) is 0 Å². The van der Waals surface area contributed by atoms with E-state index in [0.717, 1.165) is 12.8 Å². The molecule has 0 unspecified atom stereocenters. The molecule has 94 valence electrons. The lowest BCUT2D eigenvalue weighted by Crippen LogP contribution is -2.24. The smallest absolute Gasteiger partial charge is 0.251 e. The Bertz CT molecular complexity index is 380. The van der Waals surface area contributed by atoms with Gasteiger partial charge in [0.1, 0.15) is 0 Å². The van der Waals surface area contributed by atoms with Crippen molar-refractivity contribution in [2.45, 2.75) is 12.8 Å². The van der Waals surface area contributed by atoms with Gasteiger partial charge >= 0.3 is 0 Å². The number of phenols is 1. The molecule has 0 saturated carbocycles. The number of hydrogen-bond donors (Lipinski definition) is 3. The highest BCUT2D eigenvalue weighted by atomic mass is 16.5. The van der Waals surface area contributed by atoms with Gasteiger partial charge in [-0.15, -0.1) is 0 Å². The van der Waals surface area contributed by atoms with Crippen molar-refractivity contribution in [3.8, 4) is 11.5 Å². The van der Waals surface area contributed by atoms with Crippen LogP contribution in [0.2, 0.25) is 0 Å². The van der Waals surface area contributed by atoms with Crippen LogP contribution in [-0.4, -0.2) is 31.2 Å². The minimum Gasteiger partial charge on any atom is -0.504 e. The van der Waals surface area contributed by atoms with Crippen molar-refractivity contribution in [1.82, 2.24) is 5.32 Å². The zero-order chi connectivity index (χ0) is 12.7. The predicted molar refractivity (Wildman–Crippen MR) is 65.3 cm³/mol. The minimum absolute atomic E-state index is 0.0397. The van der Waals surface area contributed by atoms with Gasteiger partial charge in [-0.25, -0.2) is 0 Å². The molecule has 0 radical (unpaired) electrons. The Kier molecular flexibility index (Phi) is 5.29. The number of hydrogen-bond acceptors (Lipinski definition) is 4. The average molecular weight is 238 g/mol. The highest BCUT2D eigenvalue weighted by Gasteiger charge is 2.08. The molecule has 17 heavy (non-hydrogen) atoms. The van der Waals surface area contributed by atoms with Crippen molar-refractivity contribution in [3.05, 3.63) is 23.8 Å². The topological polar surface area (TPSA) is 84.6 Å². The van der Waals surface area contributed by atoms with E-state index in [1.54, 1.807) is 12.1 Å². The molecule has 5 nitrogen and oxygen atoms in total. The van der Waals surface area contributed by atoms with Crippen LogP contribution in [0.3, 0.4) is 0 Å². The standard InChI is InChI=1S/C12H18N2O3/c1-17-11-5-4-9(8-10(11)15)12(16)14-7-3-2-6-13/h4-5,8,15H,2-3,6-7,13H2,1H3,(H,14,16). The second kappa shape index (κ2) is 6.75. The molecule has 1 aromatic rings. The molecule has 0 aliphatic heterocycles. The molecule has 0 saturated heterocycles. The zero-order valence-electron chi connectivity index (χ0n) is 9.90. The molecule has 1 amide bonds. The van der Waals surface area contributed by atoms with Crippen LogP contribution in [0.25, 0.3) is 0 Å². The summed E-state index contributed by atoms with van der Waals surface area (Å²) in [5, 5.41) is 12.3. The summed E-state index contributed by atoms with van der Waals surface area (Å²) in [5.41, 5.74) is 5.76. The third kappa shape index (κ3) is 3.96. The van der Waals surface area contributed by atoms with E-state index in [1.807, 2.05) is 0 Å². The van der Waals surface area contributed by atoms with Crippen LogP contribution in [-0.2, 0) is 0 Å². The third-order valence-corrected chi connectivity index (χ3v) is 2.36. The molecule has 0 aliphatic carbocycles. The van der Waals surface area contributed by atoms with Gasteiger partial charge in [0.15, 0.2) is 11.5 Å². The fraction of sp³-hybridized carbons (Fsp3) is 0.417. The Morgan fingerprint density at radius 2 is 2.24 bits per heavy atom. The number of phenolic OH excluding ortho intramolecular Hbond substituents is 1. The molecule has 0 atom stereocenters. The SMILES string of the molecule is COc1ccc(C(=O)NCCCCN)cc1O. The van der Waals surface area contributed by atoms with Gasteiger partial charge in [-0.1, -0.05) is 0 Å². The Morgan fingerprint density at radius 1 is 1.47 bits per heavy atom. The molecular formula is C12H18N2O3. The second-order valence-electron chi connectivity index (χ2n) is 3.64. The average Bonchev–Trinajstić information content (AvgIpc) is 2.34. The number of unbranched alkanes of at least 4 members (excludes halogenated alkanes) is 1. The van der Waals surface area contributed by atoms with Gasteiger partial charge in [-0.3, -0.25) is 4.79 Å². The monoisotopic (exact) mass is 238 g/mol. The zero-order valence-corrected chi connectivity index (χ0v) is 9.90. The van der Waals surface area contributed by atoms with Crippen molar-refractivity contribution in [3.63, 3.8) is 0 Å². The summed E-state index contributed by atoms with van der Waals surface area (Å²) in [4.78, 5) is 11.7. The number of aromatic hydroxyl groups is 1. The van der Waals surface area contributed by atoms with E-state index in [2.05, 4.69) is 5.32 Å². The molecule has 4 N–H and O–H groups in total. The summed E-state index contributed by atoms with van der Waals surface area (Å²) >= 11 is 0. The molecule has 1 aromatic carbocycles. The quantitative estimate of drug-likeness (QED) is 0.642. The number of ether oxygens (including phenoxy) is 1. The number of carbonyl (C=O) groups excluding carboxylic acids is 1. The number of carbonyl (C=O) groups is 1. The van der Waals surface area contributed by atoms with E-state index in [1.165, 1.54) is 13.2 Å². The highest BCUT2D eigenvalue weighted by Crippen LogP contribution is 2.25. The van der Waals surface area contributed by atoms with Gasteiger partial charge in [-0.2, -0.15) is 0 Å². The van der Waals surface area contributed by atoms with Crippen molar-refractivity contribution in [2.24, 2.45) is 5.73 Å². The normalized spacial score (nSPS) is 10.0. The summed E-state index contributed by atoms with van der Waals surface area (Å²) < 4.78 is 4.90. The molecular weight excluding hydrogens is 220 g/mol. The number of nitrogens with two attached hydrogens (primary N) is 1. The summed E-state index contributed by atoms with van der Waals surface area (Å²) in [6, 6.07) is 4.55. The molecule has 0 aromatic heterocycles. The number of rotatable bonds is 6. The van der Waals surface area contributed by atoms with Crippen LogP contribution in [0.15, 0.2) is 18.2 Å². The predicted octanol–water partition coefficient (Wildman–Crippen LogP) is 0.869. The van der Waals surface area contributed by atoms with E-state index in [0.29, 0.717) is 24.4 Å². The first-order valence-corrected chi connectivity index (χ1v) is 5.54. The summed E-state index contributed by atoms with van der Waals surface area (Å²) in [6.07, 6.45) is 1.73. The van der Waals surface area contributed by atoms with Crippen LogP contribution < -0.4 is 15.8 Å². The third-order valence-electron chi connectivity index (χ3n) is 2.36. The lowest BCUT2D eigenvalue weighted by Gasteiger charge is -2.07. The highest BCUT2D eigenvalue weighted by molar-refractivity contribution is 5.94. The van der Waals surface area contributed by atoms with Crippen LogP contribution in [0.4, 0.5) is 0 Å². The molecule has 0 heterocycles. The summed E-state index contributed by atoms with van der Waals surface area (Å²) in [7, 11) is 1.46. The van der Waals surface area contributed by atoms with Crippen molar-refractivity contribution < 1.29 is 14.6 Å². The fourth-order valence-electron chi connectivity index (χ4n) is 1.40. The van der Waals surface area contributed by atoms with Crippen LogP contribution in [0.1, 0.15) is 23.2 Å². The Hall–Kier alpha value is -1.75. The molecule has 0 fully saturated rings. The summed E-state index contributed by atoms with van der Waals surface area (Å²) in [6.45, 7) is 1.21. The first-order chi connectivity index (χ1) is 8.19. The molecule has 0 bridgehead atoms. The van der Waals surface area contributed by atoms with Gasteiger partial charge in [0, 0.05) is 12.1 Å². The van der Waals surface area contributed by atoms with Gasteiger partial charge in [0.25, 0.3) is 5.91 Å².